The quantitative estimate of drug-likeness (QED) is 0.314. The maximum Gasteiger partial charge on any atom is 0.416 e. The maximum absolute atomic E-state index is 13.6. The molecule has 1 saturated carbocycles. The van der Waals surface area contributed by atoms with Gasteiger partial charge in [0, 0.05) is 36.4 Å². The summed E-state index contributed by atoms with van der Waals surface area (Å²) >= 11 is 0. The molecule has 6 nitrogen and oxygen atoms in total. The third kappa shape index (κ3) is 6.00. The van der Waals surface area contributed by atoms with Gasteiger partial charge in [0.2, 0.25) is 5.91 Å². The summed E-state index contributed by atoms with van der Waals surface area (Å²) in [6.45, 7) is 1.55. The Balaban J connectivity index is 1.38. The third-order valence-electron chi connectivity index (χ3n) is 7.91. The molecule has 1 aliphatic carbocycles. The molecule has 2 aliphatic rings. The van der Waals surface area contributed by atoms with E-state index >= 15 is 0 Å². The van der Waals surface area contributed by atoms with Crippen molar-refractivity contribution in [2.24, 2.45) is 11.7 Å². The van der Waals surface area contributed by atoms with Crippen LogP contribution in [0.25, 0.3) is 11.3 Å². The number of furan rings is 1. The number of carbonyl (C=O) groups is 2. The zero-order chi connectivity index (χ0) is 28.4. The van der Waals surface area contributed by atoms with E-state index in [-0.39, 0.29) is 40.3 Å². The monoisotopic (exact) mass is 557 g/mol. The molecule has 3 aromatic rings. The number of rotatable bonds is 9. The van der Waals surface area contributed by atoms with E-state index in [9.17, 15) is 27.2 Å². The van der Waals surface area contributed by atoms with Crippen molar-refractivity contribution in [3.8, 4) is 11.3 Å². The van der Waals surface area contributed by atoms with E-state index < -0.39 is 23.6 Å². The number of halogens is 4. The van der Waals surface area contributed by atoms with Crippen LogP contribution in [0.1, 0.15) is 65.3 Å². The molecule has 1 atom stereocenters. The number of nitrogens with two attached hydrogens (primary N) is 1. The average molecular weight is 558 g/mol. The van der Waals surface area contributed by atoms with Gasteiger partial charge in [-0.25, -0.2) is 4.39 Å². The Bertz CT molecular complexity index is 1400. The summed E-state index contributed by atoms with van der Waals surface area (Å²) < 4.78 is 59.2. The predicted molar refractivity (Wildman–Crippen MR) is 142 cm³/mol. The number of benzene rings is 2. The number of amides is 2. The fourth-order valence-corrected chi connectivity index (χ4v) is 5.91. The van der Waals surface area contributed by atoms with Crippen LogP contribution < -0.4 is 16.0 Å². The molecule has 2 amide bonds. The molecule has 3 N–H and O–H groups in total. The Morgan fingerprint density at radius 3 is 2.60 bits per heavy atom. The van der Waals surface area contributed by atoms with Gasteiger partial charge in [0.15, 0.2) is 5.76 Å². The number of nitrogens with one attached hydrogen (secondary N) is 1. The largest absolute Gasteiger partial charge is 0.451 e. The molecule has 2 aromatic carbocycles. The first-order valence-corrected chi connectivity index (χ1v) is 13.5. The first-order valence-electron chi connectivity index (χ1n) is 13.5. The highest BCUT2D eigenvalue weighted by Gasteiger charge is 2.34. The topological polar surface area (TPSA) is 88.6 Å². The second-order valence-corrected chi connectivity index (χ2v) is 10.6. The van der Waals surface area contributed by atoms with Crippen molar-refractivity contribution >= 4 is 17.5 Å². The van der Waals surface area contributed by atoms with Gasteiger partial charge in [0.05, 0.1) is 11.5 Å². The highest BCUT2D eigenvalue weighted by atomic mass is 19.4. The van der Waals surface area contributed by atoms with Gasteiger partial charge in [0.1, 0.15) is 11.6 Å². The molecular weight excluding hydrogens is 526 g/mol. The Hall–Kier alpha value is -3.82. The predicted octanol–water partition coefficient (Wildman–Crippen LogP) is 6.05. The fourth-order valence-electron chi connectivity index (χ4n) is 5.91. The minimum absolute atomic E-state index is 0.0417. The van der Waals surface area contributed by atoms with Crippen LogP contribution in [-0.4, -0.2) is 31.4 Å². The van der Waals surface area contributed by atoms with Crippen molar-refractivity contribution in [3.05, 3.63) is 76.8 Å². The van der Waals surface area contributed by atoms with Gasteiger partial charge >= 0.3 is 6.18 Å². The minimum atomic E-state index is -4.55. The van der Waals surface area contributed by atoms with Crippen LogP contribution in [0, 0.1) is 11.7 Å². The highest BCUT2D eigenvalue weighted by molar-refractivity contribution is 5.95. The molecule has 1 fully saturated rings. The highest BCUT2D eigenvalue weighted by Crippen LogP contribution is 2.39. The summed E-state index contributed by atoms with van der Waals surface area (Å²) in [5.41, 5.74) is 7.04. The van der Waals surface area contributed by atoms with Gasteiger partial charge in [0.25, 0.3) is 5.91 Å². The third-order valence-corrected chi connectivity index (χ3v) is 7.91. The number of fused-ring (bicyclic) bond motifs is 1. The van der Waals surface area contributed by atoms with Crippen molar-refractivity contribution in [3.63, 3.8) is 0 Å². The molecule has 1 aliphatic heterocycles. The molecule has 0 spiro atoms. The zero-order valence-electron chi connectivity index (χ0n) is 21.9. The van der Waals surface area contributed by atoms with Crippen LogP contribution in [0.4, 0.5) is 23.2 Å². The summed E-state index contributed by atoms with van der Waals surface area (Å²) in [6.07, 6.45) is 0.659. The molecule has 0 saturated heterocycles. The normalized spacial score (nSPS) is 16.2. The molecule has 0 unspecified atom stereocenters. The van der Waals surface area contributed by atoms with E-state index in [4.69, 9.17) is 10.2 Å². The van der Waals surface area contributed by atoms with E-state index in [0.717, 1.165) is 55.5 Å². The Morgan fingerprint density at radius 2 is 1.88 bits per heavy atom. The minimum Gasteiger partial charge on any atom is -0.451 e. The van der Waals surface area contributed by atoms with Crippen LogP contribution in [0.2, 0.25) is 0 Å². The van der Waals surface area contributed by atoms with E-state index in [0.29, 0.717) is 26.1 Å². The van der Waals surface area contributed by atoms with Gasteiger partial charge in [-0.15, -0.1) is 0 Å². The van der Waals surface area contributed by atoms with Gasteiger partial charge in [-0.1, -0.05) is 37.8 Å². The molecule has 1 aromatic heterocycles. The number of hydrogen-bond acceptors (Lipinski definition) is 4. The van der Waals surface area contributed by atoms with E-state index in [2.05, 4.69) is 10.2 Å². The van der Waals surface area contributed by atoms with Crippen LogP contribution in [0.15, 0.2) is 52.9 Å². The lowest BCUT2D eigenvalue weighted by molar-refractivity contribution is -0.137. The van der Waals surface area contributed by atoms with Crippen LogP contribution in [0.5, 0.6) is 0 Å². The molecule has 5 rings (SSSR count). The van der Waals surface area contributed by atoms with Gasteiger partial charge in [-0.05, 0) is 60.7 Å². The molecule has 2 heterocycles. The lowest BCUT2D eigenvalue weighted by Gasteiger charge is -2.22. The van der Waals surface area contributed by atoms with Crippen molar-refractivity contribution in [2.75, 3.05) is 24.5 Å². The molecule has 0 bridgehead atoms. The van der Waals surface area contributed by atoms with Crippen molar-refractivity contribution in [1.82, 2.24) is 5.32 Å². The summed E-state index contributed by atoms with van der Waals surface area (Å²) in [4.78, 5) is 28.0. The summed E-state index contributed by atoms with van der Waals surface area (Å²) in [7, 11) is 0. The second kappa shape index (κ2) is 11.3. The number of hydrogen-bond donors (Lipinski definition) is 2. The standard InChI is InChI=1S/C30H31F4N3O3/c31-22-8-9-25-19(16-22)10-12-37(25)13-11-36-29(39)24(14-18-4-1-2-5-18)23-17-26(40-27(23)28(35)38)20-6-3-7-21(15-20)30(32,33)34/h3,6-9,15-18,24H,1-2,4-5,10-14H2,(H2,35,38)(H,36,39)/t24-/m0/s1. The number of carbonyl (C=O) groups excluding carboxylic acids is 2. The lowest BCUT2D eigenvalue weighted by Crippen LogP contribution is -2.37. The average Bonchev–Trinajstić information content (AvgIpc) is 3.67. The summed E-state index contributed by atoms with van der Waals surface area (Å²) in [5, 5.41) is 2.97. The molecule has 40 heavy (non-hydrogen) atoms. The van der Waals surface area contributed by atoms with E-state index in [1.54, 1.807) is 6.07 Å². The fraction of sp³-hybridized carbons (Fsp3) is 0.400. The first kappa shape index (κ1) is 27.7. The van der Waals surface area contributed by atoms with E-state index in [1.165, 1.54) is 30.3 Å². The summed E-state index contributed by atoms with van der Waals surface area (Å²) in [5.74, 6) is -2.14. The number of anilines is 1. The van der Waals surface area contributed by atoms with Crippen LogP contribution in [0.3, 0.4) is 0 Å². The van der Waals surface area contributed by atoms with Gasteiger partial charge < -0.3 is 20.4 Å². The van der Waals surface area contributed by atoms with Crippen LogP contribution in [-0.2, 0) is 17.4 Å². The lowest BCUT2D eigenvalue weighted by atomic mass is 9.86. The van der Waals surface area contributed by atoms with Gasteiger partial charge in [-0.2, -0.15) is 13.2 Å². The number of primary amides is 1. The molecule has 0 radical (unpaired) electrons. The Labute approximate surface area is 229 Å². The van der Waals surface area contributed by atoms with Crippen LogP contribution >= 0.6 is 0 Å². The molecular formula is C30H31F4N3O3. The SMILES string of the molecule is NC(=O)c1oc(-c2cccc(C(F)(F)F)c2)cc1[C@H](CC1CCCC1)C(=O)NCCN1CCc2cc(F)ccc21. The zero-order valence-corrected chi connectivity index (χ0v) is 21.9. The second-order valence-electron chi connectivity index (χ2n) is 10.6. The number of nitrogens with zero attached hydrogens (tertiary/aromatic N) is 1. The smallest absolute Gasteiger partial charge is 0.416 e. The maximum atomic E-state index is 13.6. The van der Waals surface area contributed by atoms with Crippen molar-refractivity contribution < 1.29 is 31.6 Å². The summed E-state index contributed by atoms with van der Waals surface area (Å²) in [6, 6.07) is 10.8. The van der Waals surface area contributed by atoms with Gasteiger partial charge in [-0.3, -0.25) is 9.59 Å². The van der Waals surface area contributed by atoms with Crippen molar-refractivity contribution in [1.29, 1.82) is 0 Å². The molecule has 212 valence electrons. The van der Waals surface area contributed by atoms with Crippen molar-refractivity contribution in [2.45, 2.75) is 50.6 Å². The number of alkyl halides is 3. The molecule has 10 heteroatoms. The Morgan fingerprint density at radius 1 is 1.10 bits per heavy atom. The van der Waals surface area contributed by atoms with E-state index in [1.807, 2.05) is 0 Å². The first-order chi connectivity index (χ1) is 19.1. The Kier molecular flexibility index (Phi) is 7.87.